The molecule has 2 aromatic rings. The summed E-state index contributed by atoms with van der Waals surface area (Å²) in [4.78, 5) is 21.2. The molecule has 0 saturated heterocycles. The number of carbonyl (C=O) groups excluding carboxylic acids is 2. The van der Waals surface area contributed by atoms with Gasteiger partial charge in [-0.1, -0.05) is 152 Å². The van der Waals surface area contributed by atoms with Gasteiger partial charge < -0.3 is 19.8 Å². The summed E-state index contributed by atoms with van der Waals surface area (Å²) in [5, 5.41) is 21.2. The molecule has 0 atom stereocenters. The monoisotopic (exact) mass is 730 g/mol. The largest absolute Gasteiger partial charge is 2.00 e. The SMILES string of the molecule is CCCCCCCCCCc1ccc(C(=O)[O-])cc1.CCCCCCCCCCc1ccc(C(=O)[O-])cc1.[Pb+2]. The molecule has 2 radical (unpaired) electrons. The molecule has 0 heterocycles. The summed E-state index contributed by atoms with van der Waals surface area (Å²) in [7, 11) is 0. The second kappa shape index (κ2) is 25.3. The number of benzene rings is 2. The third-order valence-electron chi connectivity index (χ3n) is 7.02. The Labute approximate surface area is 258 Å². The van der Waals surface area contributed by atoms with Gasteiger partial charge in [-0.25, -0.2) is 0 Å². The van der Waals surface area contributed by atoms with Crippen molar-refractivity contribution in [2.24, 2.45) is 0 Å². The van der Waals surface area contributed by atoms with Crippen molar-refractivity contribution in [1.29, 1.82) is 0 Å². The van der Waals surface area contributed by atoms with E-state index in [9.17, 15) is 19.8 Å². The molecule has 4 nitrogen and oxygen atoms in total. The molecule has 0 aliphatic rings. The summed E-state index contributed by atoms with van der Waals surface area (Å²) in [6.45, 7) is 4.48. The van der Waals surface area contributed by atoms with Crippen molar-refractivity contribution in [2.75, 3.05) is 0 Å². The van der Waals surface area contributed by atoms with E-state index < -0.39 is 11.9 Å². The van der Waals surface area contributed by atoms with Crippen LogP contribution in [0.1, 0.15) is 148 Å². The predicted octanol–water partition coefficient (Wildman–Crippen LogP) is 7.09. The second-order valence-corrected chi connectivity index (χ2v) is 10.4. The zero-order valence-electron chi connectivity index (χ0n) is 24.5. The van der Waals surface area contributed by atoms with E-state index in [0.717, 1.165) is 12.8 Å². The third kappa shape index (κ3) is 19.9. The maximum absolute atomic E-state index is 10.6. The Morgan fingerprint density at radius 1 is 0.462 bits per heavy atom. The molecule has 0 amide bonds. The number of hydrogen-bond donors (Lipinski definition) is 0. The van der Waals surface area contributed by atoms with Gasteiger partial charge in [0.25, 0.3) is 0 Å². The van der Waals surface area contributed by atoms with Crippen LogP contribution < -0.4 is 10.2 Å². The van der Waals surface area contributed by atoms with Crippen LogP contribution >= 0.6 is 0 Å². The van der Waals surface area contributed by atoms with Gasteiger partial charge in [0.15, 0.2) is 0 Å². The van der Waals surface area contributed by atoms with Gasteiger partial charge >= 0.3 is 27.3 Å². The maximum atomic E-state index is 10.6. The smallest absolute Gasteiger partial charge is 0.545 e. The third-order valence-corrected chi connectivity index (χ3v) is 7.02. The van der Waals surface area contributed by atoms with Gasteiger partial charge in [0.1, 0.15) is 0 Å². The van der Waals surface area contributed by atoms with Gasteiger partial charge in [0, 0.05) is 0 Å². The van der Waals surface area contributed by atoms with E-state index in [4.69, 9.17) is 0 Å². The first kappa shape index (κ1) is 37.3. The van der Waals surface area contributed by atoms with E-state index in [1.807, 2.05) is 24.3 Å². The standard InChI is InChI=1S/2C17H26O2.Pb/c2*1-2-3-4-5-6-7-8-9-10-15-11-13-16(14-12-15)17(18)19;/h2*11-14H,2-10H2,1H3,(H,18,19);/q;;+2/p-2. The Morgan fingerprint density at radius 3 is 0.974 bits per heavy atom. The predicted molar refractivity (Wildman–Crippen MR) is 160 cm³/mol. The van der Waals surface area contributed by atoms with Crippen molar-refractivity contribution in [3.63, 3.8) is 0 Å². The summed E-state index contributed by atoms with van der Waals surface area (Å²) in [5.74, 6) is -2.20. The van der Waals surface area contributed by atoms with Crippen molar-refractivity contribution in [2.45, 2.75) is 129 Å². The van der Waals surface area contributed by atoms with Crippen LogP contribution in [-0.4, -0.2) is 39.2 Å². The fraction of sp³-hybridized carbons (Fsp3) is 0.588. The number of rotatable bonds is 20. The Morgan fingerprint density at radius 2 is 0.718 bits per heavy atom. The number of aryl methyl sites for hydroxylation is 2. The quantitative estimate of drug-likeness (QED) is 0.108. The normalized spacial score (nSPS) is 10.3. The van der Waals surface area contributed by atoms with Crippen molar-refractivity contribution in [3.8, 4) is 0 Å². The van der Waals surface area contributed by atoms with E-state index in [-0.39, 0.29) is 38.4 Å². The molecule has 0 unspecified atom stereocenters. The maximum Gasteiger partial charge on any atom is 2.00 e. The Balaban J connectivity index is 0.000000722. The molecule has 214 valence electrons. The van der Waals surface area contributed by atoms with Gasteiger partial charge in [-0.05, 0) is 47.9 Å². The number of carboxylic acids is 2. The minimum atomic E-state index is -1.10. The van der Waals surface area contributed by atoms with E-state index in [1.54, 1.807) is 24.3 Å². The van der Waals surface area contributed by atoms with Gasteiger partial charge in [0.05, 0.1) is 11.9 Å². The topological polar surface area (TPSA) is 80.3 Å². The number of unbranched alkanes of at least 4 members (excludes halogenated alkanes) is 14. The Kier molecular flexibility index (Phi) is 24.2. The van der Waals surface area contributed by atoms with Crippen molar-refractivity contribution >= 4 is 39.2 Å². The minimum absolute atomic E-state index is 0. The molecule has 0 aliphatic heterocycles. The van der Waals surface area contributed by atoms with Gasteiger partial charge in [-0.3, -0.25) is 0 Å². The molecule has 2 rings (SSSR count). The summed E-state index contributed by atoms with van der Waals surface area (Å²) >= 11 is 0. The van der Waals surface area contributed by atoms with Crippen LogP contribution in [0.4, 0.5) is 0 Å². The average Bonchev–Trinajstić information content (AvgIpc) is 2.92. The molecule has 0 fully saturated rings. The second-order valence-electron chi connectivity index (χ2n) is 10.4. The van der Waals surface area contributed by atoms with Crippen LogP contribution in [0.15, 0.2) is 48.5 Å². The summed E-state index contributed by atoms with van der Waals surface area (Å²) in [6.07, 6.45) is 23.2. The van der Waals surface area contributed by atoms with Crippen molar-refractivity contribution < 1.29 is 19.8 Å². The van der Waals surface area contributed by atoms with Gasteiger partial charge in [0.2, 0.25) is 0 Å². The number of carbonyl (C=O) groups is 2. The fourth-order valence-corrected chi connectivity index (χ4v) is 4.54. The molecule has 0 N–H and O–H groups in total. The van der Waals surface area contributed by atoms with E-state index in [1.165, 1.54) is 114 Å². The van der Waals surface area contributed by atoms with Crippen LogP contribution in [0.2, 0.25) is 0 Å². The Hall–Kier alpha value is -1.70. The first-order valence-corrected chi connectivity index (χ1v) is 15.1. The first-order chi connectivity index (χ1) is 18.5. The van der Waals surface area contributed by atoms with E-state index in [2.05, 4.69) is 13.8 Å². The minimum Gasteiger partial charge on any atom is -0.545 e. The molecule has 0 aromatic heterocycles. The summed E-state index contributed by atoms with van der Waals surface area (Å²) < 4.78 is 0. The van der Waals surface area contributed by atoms with Crippen LogP contribution in [0.3, 0.4) is 0 Å². The molecule has 0 bridgehead atoms. The van der Waals surface area contributed by atoms with Crippen molar-refractivity contribution in [1.82, 2.24) is 0 Å². The van der Waals surface area contributed by atoms with Gasteiger partial charge in [-0.2, -0.15) is 0 Å². The molecule has 0 aliphatic carbocycles. The Bertz CT molecular complexity index is 788. The molecule has 5 heteroatoms. The first-order valence-electron chi connectivity index (χ1n) is 15.1. The molecule has 0 saturated carbocycles. The summed E-state index contributed by atoms with van der Waals surface area (Å²) in [5.41, 5.74) is 2.96. The number of carboxylic acid groups (broad SMARTS) is 2. The van der Waals surface area contributed by atoms with Crippen LogP contribution in [0.5, 0.6) is 0 Å². The average molecular weight is 730 g/mol. The van der Waals surface area contributed by atoms with E-state index >= 15 is 0 Å². The zero-order valence-corrected chi connectivity index (χ0v) is 28.4. The molecular weight excluding hydrogens is 680 g/mol. The molecule has 0 spiro atoms. The van der Waals surface area contributed by atoms with Crippen molar-refractivity contribution in [3.05, 3.63) is 70.8 Å². The molecule has 2 aromatic carbocycles. The van der Waals surface area contributed by atoms with Crippen LogP contribution in [0, 0.1) is 0 Å². The molecular formula is C34H50O4Pb. The molecule has 39 heavy (non-hydrogen) atoms. The fourth-order valence-electron chi connectivity index (χ4n) is 4.54. The van der Waals surface area contributed by atoms with Gasteiger partial charge in [-0.15, -0.1) is 0 Å². The zero-order chi connectivity index (χ0) is 27.8. The van der Waals surface area contributed by atoms with E-state index in [0.29, 0.717) is 0 Å². The number of hydrogen-bond acceptors (Lipinski definition) is 4. The van der Waals surface area contributed by atoms with Crippen LogP contribution in [-0.2, 0) is 12.8 Å². The summed E-state index contributed by atoms with van der Waals surface area (Å²) in [6, 6.07) is 14.1. The van der Waals surface area contributed by atoms with Crippen LogP contribution in [0.25, 0.3) is 0 Å². The number of aromatic carboxylic acids is 2.